The number of ether oxygens (including phenoxy) is 1. The lowest BCUT2D eigenvalue weighted by molar-refractivity contribution is 0.134. The molecule has 1 rings (SSSR count). The molecule has 0 radical (unpaired) electrons. The van der Waals surface area contributed by atoms with Crippen molar-refractivity contribution in [2.75, 3.05) is 12.9 Å². The van der Waals surface area contributed by atoms with Crippen molar-refractivity contribution in [3.63, 3.8) is 0 Å². The van der Waals surface area contributed by atoms with Crippen LogP contribution in [0.25, 0.3) is 0 Å². The van der Waals surface area contributed by atoms with E-state index in [-0.39, 0.29) is 17.9 Å². The van der Waals surface area contributed by atoms with Gasteiger partial charge in [0.2, 0.25) is 10.0 Å². The summed E-state index contributed by atoms with van der Waals surface area (Å²) in [5, 5.41) is 0. The van der Waals surface area contributed by atoms with Gasteiger partial charge in [0.15, 0.2) is 0 Å². The normalized spacial score (nSPS) is 14.0. The van der Waals surface area contributed by atoms with E-state index in [1.807, 2.05) is 19.9 Å². The second kappa shape index (κ2) is 6.98. The Bertz CT molecular complexity index is 474. The minimum absolute atomic E-state index is 0.0120. The van der Waals surface area contributed by atoms with E-state index in [9.17, 15) is 8.42 Å². The Labute approximate surface area is 115 Å². The maximum absolute atomic E-state index is 12.4. The molecule has 0 saturated carbocycles. The molecule has 108 valence electrons. The molecule has 0 aliphatic rings. The van der Waals surface area contributed by atoms with Crippen molar-refractivity contribution < 1.29 is 13.2 Å². The number of methoxy groups -OCH3 is 1. The van der Waals surface area contributed by atoms with Gasteiger partial charge in [-0.15, -0.1) is 0 Å². The summed E-state index contributed by atoms with van der Waals surface area (Å²) in [6.07, 6.45) is 3.04. The van der Waals surface area contributed by atoms with E-state index in [4.69, 9.17) is 4.74 Å². The lowest BCUT2D eigenvalue weighted by atomic mass is 10.2. The topological polar surface area (TPSA) is 59.5 Å². The minimum atomic E-state index is -3.35. The van der Waals surface area contributed by atoms with Crippen LogP contribution in [-0.4, -0.2) is 42.7 Å². The van der Waals surface area contributed by atoms with Crippen LogP contribution >= 0.6 is 0 Å². The number of rotatable bonds is 7. The number of nitrogens with zero attached hydrogens (tertiary/aromatic N) is 2. The molecular formula is C13H22N2O3S. The van der Waals surface area contributed by atoms with Gasteiger partial charge in [-0.2, -0.15) is 4.31 Å². The van der Waals surface area contributed by atoms with Crippen molar-refractivity contribution in [2.24, 2.45) is 0 Å². The molecule has 5 nitrogen and oxygen atoms in total. The summed E-state index contributed by atoms with van der Waals surface area (Å²) < 4.78 is 31.3. The fourth-order valence-corrected chi connectivity index (χ4v) is 3.64. The van der Waals surface area contributed by atoms with Gasteiger partial charge in [-0.05, 0) is 32.4 Å². The average molecular weight is 286 g/mol. The third kappa shape index (κ3) is 4.89. The molecule has 1 aromatic rings. The van der Waals surface area contributed by atoms with Gasteiger partial charge < -0.3 is 4.74 Å². The first-order chi connectivity index (χ1) is 8.86. The van der Waals surface area contributed by atoms with Crippen LogP contribution in [0.1, 0.15) is 26.3 Å². The number of pyridine rings is 1. The van der Waals surface area contributed by atoms with Crippen molar-refractivity contribution in [1.29, 1.82) is 0 Å². The van der Waals surface area contributed by atoms with Crippen LogP contribution in [0.2, 0.25) is 0 Å². The fourth-order valence-electron chi connectivity index (χ4n) is 1.73. The fraction of sp³-hybridized carbons (Fsp3) is 0.615. The molecule has 0 unspecified atom stereocenters. The lowest BCUT2D eigenvalue weighted by Crippen LogP contribution is -2.40. The third-order valence-corrected chi connectivity index (χ3v) is 5.00. The molecule has 1 heterocycles. The van der Waals surface area contributed by atoms with E-state index < -0.39 is 10.0 Å². The third-order valence-electron chi connectivity index (χ3n) is 2.84. The highest BCUT2D eigenvalue weighted by Crippen LogP contribution is 2.14. The molecule has 0 aliphatic heterocycles. The summed E-state index contributed by atoms with van der Waals surface area (Å²) in [4.78, 5) is 4.01. The molecule has 0 aromatic carbocycles. The Morgan fingerprint density at radius 1 is 1.37 bits per heavy atom. The monoisotopic (exact) mass is 286 g/mol. The Balaban J connectivity index is 2.89. The first-order valence-corrected chi connectivity index (χ1v) is 7.89. The van der Waals surface area contributed by atoms with E-state index in [0.717, 1.165) is 5.56 Å². The van der Waals surface area contributed by atoms with E-state index in [2.05, 4.69) is 4.98 Å². The van der Waals surface area contributed by atoms with E-state index in [1.54, 1.807) is 25.4 Å². The SMILES string of the molecule is CO[C@H](C)CS(=O)(=O)N(Cc1cccnc1)C(C)C. The van der Waals surface area contributed by atoms with Gasteiger partial charge in [0.25, 0.3) is 0 Å². The predicted octanol–water partition coefficient (Wildman–Crippen LogP) is 1.66. The molecule has 0 amide bonds. The van der Waals surface area contributed by atoms with Gasteiger partial charge in [-0.25, -0.2) is 8.42 Å². The van der Waals surface area contributed by atoms with Crippen LogP contribution in [0.15, 0.2) is 24.5 Å². The van der Waals surface area contributed by atoms with Crippen molar-refractivity contribution in [3.8, 4) is 0 Å². The zero-order valence-corrected chi connectivity index (χ0v) is 12.7. The standard InChI is InChI=1S/C13H22N2O3S/c1-11(2)15(9-13-6-5-7-14-8-13)19(16,17)10-12(3)18-4/h5-8,11-12H,9-10H2,1-4H3/t12-/m1/s1. The molecule has 0 spiro atoms. The highest BCUT2D eigenvalue weighted by Gasteiger charge is 2.27. The van der Waals surface area contributed by atoms with Gasteiger partial charge in [0.05, 0.1) is 11.9 Å². The first-order valence-electron chi connectivity index (χ1n) is 6.28. The maximum atomic E-state index is 12.4. The van der Waals surface area contributed by atoms with Crippen LogP contribution in [0, 0.1) is 0 Å². The zero-order valence-electron chi connectivity index (χ0n) is 11.9. The molecule has 0 aliphatic carbocycles. The molecule has 1 aromatic heterocycles. The number of sulfonamides is 1. The van der Waals surface area contributed by atoms with E-state index in [0.29, 0.717) is 6.54 Å². The summed E-state index contributed by atoms with van der Waals surface area (Å²) >= 11 is 0. The van der Waals surface area contributed by atoms with Crippen LogP contribution in [0.4, 0.5) is 0 Å². The summed E-state index contributed by atoms with van der Waals surface area (Å²) in [6.45, 7) is 5.82. The highest BCUT2D eigenvalue weighted by molar-refractivity contribution is 7.89. The average Bonchev–Trinajstić information content (AvgIpc) is 2.36. The zero-order chi connectivity index (χ0) is 14.5. The van der Waals surface area contributed by atoms with Gasteiger partial charge in [0, 0.05) is 32.1 Å². The molecule has 6 heteroatoms. The van der Waals surface area contributed by atoms with Crippen LogP contribution in [-0.2, 0) is 21.3 Å². The number of aromatic nitrogens is 1. The van der Waals surface area contributed by atoms with Crippen molar-refractivity contribution >= 4 is 10.0 Å². The summed E-state index contributed by atoms with van der Waals surface area (Å²) in [5.41, 5.74) is 0.879. The minimum Gasteiger partial charge on any atom is -0.381 e. The molecule has 0 bridgehead atoms. The highest BCUT2D eigenvalue weighted by atomic mass is 32.2. The van der Waals surface area contributed by atoms with Gasteiger partial charge >= 0.3 is 0 Å². The molecule has 19 heavy (non-hydrogen) atoms. The van der Waals surface area contributed by atoms with Gasteiger partial charge in [0.1, 0.15) is 0 Å². The molecule has 0 N–H and O–H groups in total. The smallest absolute Gasteiger partial charge is 0.217 e. The van der Waals surface area contributed by atoms with Crippen molar-refractivity contribution in [3.05, 3.63) is 30.1 Å². The lowest BCUT2D eigenvalue weighted by Gasteiger charge is -2.27. The van der Waals surface area contributed by atoms with Crippen LogP contribution in [0.5, 0.6) is 0 Å². The first kappa shape index (κ1) is 16.1. The van der Waals surface area contributed by atoms with Crippen molar-refractivity contribution in [1.82, 2.24) is 9.29 Å². The summed E-state index contributed by atoms with van der Waals surface area (Å²) in [7, 11) is -1.84. The summed E-state index contributed by atoms with van der Waals surface area (Å²) in [5.74, 6) is -0.0120. The maximum Gasteiger partial charge on any atom is 0.217 e. The van der Waals surface area contributed by atoms with E-state index in [1.165, 1.54) is 11.4 Å². The molecule has 0 fully saturated rings. The van der Waals surface area contributed by atoms with Gasteiger partial charge in [-0.3, -0.25) is 4.98 Å². The molecular weight excluding hydrogens is 264 g/mol. The second-order valence-corrected chi connectivity index (χ2v) is 6.79. The Morgan fingerprint density at radius 3 is 2.53 bits per heavy atom. The van der Waals surface area contributed by atoms with Crippen LogP contribution < -0.4 is 0 Å². The second-order valence-electron chi connectivity index (χ2n) is 4.83. The molecule has 0 saturated heterocycles. The Hall–Kier alpha value is -0.980. The predicted molar refractivity (Wildman–Crippen MR) is 75.2 cm³/mol. The van der Waals surface area contributed by atoms with E-state index >= 15 is 0 Å². The Morgan fingerprint density at radius 2 is 2.05 bits per heavy atom. The van der Waals surface area contributed by atoms with Crippen molar-refractivity contribution in [2.45, 2.75) is 39.5 Å². The summed E-state index contributed by atoms with van der Waals surface area (Å²) in [6, 6.07) is 3.57. The Kier molecular flexibility index (Phi) is 5.90. The number of hydrogen-bond acceptors (Lipinski definition) is 4. The molecule has 1 atom stereocenters. The van der Waals surface area contributed by atoms with Crippen LogP contribution in [0.3, 0.4) is 0 Å². The largest absolute Gasteiger partial charge is 0.381 e. The number of hydrogen-bond donors (Lipinski definition) is 0. The quantitative estimate of drug-likeness (QED) is 0.765. The van der Waals surface area contributed by atoms with Gasteiger partial charge in [-0.1, -0.05) is 6.07 Å².